The van der Waals surface area contributed by atoms with E-state index in [0.717, 1.165) is 42.5 Å². The van der Waals surface area contributed by atoms with Gasteiger partial charge in [-0.1, -0.05) is 0 Å². The van der Waals surface area contributed by atoms with Crippen LogP contribution in [0.5, 0.6) is 11.5 Å². The van der Waals surface area contributed by atoms with Crippen LogP contribution in [0.1, 0.15) is 18.2 Å². The summed E-state index contributed by atoms with van der Waals surface area (Å²) in [5, 5.41) is 3.36. The maximum atomic E-state index is 5.45. The number of ether oxygens (including phenoxy) is 2. The summed E-state index contributed by atoms with van der Waals surface area (Å²) in [6.07, 6.45) is 2.84. The van der Waals surface area contributed by atoms with Crippen LogP contribution in [0.3, 0.4) is 0 Å². The second-order valence-electron chi connectivity index (χ2n) is 6.13. The summed E-state index contributed by atoms with van der Waals surface area (Å²) in [7, 11) is 7.47. The van der Waals surface area contributed by atoms with Crippen LogP contribution in [-0.2, 0) is 20.0 Å². The number of hydrogen-bond donors (Lipinski definition) is 1. The Kier molecular flexibility index (Phi) is 10.1. The van der Waals surface area contributed by atoms with Crippen molar-refractivity contribution < 1.29 is 9.47 Å². The predicted molar refractivity (Wildman–Crippen MR) is 122 cm³/mol. The topological polar surface area (TPSA) is 51.0 Å². The number of rotatable bonds is 8. The first-order chi connectivity index (χ1) is 12.6. The molecular weight excluding hydrogens is 455 g/mol. The van der Waals surface area contributed by atoms with Crippen molar-refractivity contribution in [2.75, 3.05) is 34.4 Å². The van der Waals surface area contributed by atoms with E-state index in [9.17, 15) is 0 Å². The summed E-state index contributed by atoms with van der Waals surface area (Å²) in [4.78, 5) is 6.92. The third-order valence-electron chi connectivity index (χ3n) is 4.28. The zero-order chi connectivity index (χ0) is 18.9. The summed E-state index contributed by atoms with van der Waals surface area (Å²) >= 11 is 0. The van der Waals surface area contributed by atoms with Gasteiger partial charge in [-0.05, 0) is 49.2 Å². The van der Waals surface area contributed by atoms with Crippen molar-refractivity contribution in [1.29, 1.82) is 0 Å². The molecule has 6 nitrogen and oxygen atoms in total. The molecule has 0 unspecified atom stereocenters. The number of nitrogens with zero attached hydrogens (tertiary/aromatic N) is 3. The Hall–Kier alpha value is -1.90. The van der Waals surface area contributed by atoms with Crippen LogP contribution in [0.25, 0.3) is 0 Å². The van der Waals surface area contributed by atoms with Gasteiger partial charge in [-0.2, -0.15) is 0 Å². The van der Waals surface area contributed by atoms with E-state index in [4.69, 9.17) is 14.5 Å². The molecule has 0 atom stereocenters. The summed E-state index contributed by atoms with van der Waals surface area (Å²) in [6.45, 7) is 4.39. The van der Waals surface area contributed by atoms with Crippen molar-refractivity contribution >= 4 is 29.9 Å². The molecule has 0 aliphatic heterocycles. The molecule has 7 heteroatoms. The van der Waals surface area contributed by atoms with Gasteiger partial charge in [0.05, 0.1) is 20.8 Å². The number of aryl methyl sites for hydroxylation is 1. The zero-order valence-corrected chi connectivity index (χ0v) is 19.2. The lowest BCUT2D eigenvalue weighted by atomic mass is 10.1. The Bertz CT molecular complexity index is 731. The second-order valence-corrected chi connectivity index (χ2v) is 6.13. The van der Waals surface area contributed by atoms with Gasteiger partial charge in [0, 0.05) is 39.1 Å². The molecule has 0 saturated heterocycles. The average molecular weight is 486 g/mol. The number of methoxy groups -OCH3 is 2. The summed E-state index contributed by atoms with van der Waals surface area (Å²) in [5.41, 5.74) is 2.34. The van der Waals surface area contributed by atoms with Crippen molar-refractivity contribution in [2.45, 2.75) is 19.9 Å². The molecule has 1 aromatic heterocycles. The molecule has 0 amide bonds. The number of benzene rings is 1. The fourth-order valence-corrected chi connectivity index (χ4v) is 2.81. The van der Waals surface area contributed by atoms with Gasteiger partial charge < -0.3 is 24.3 Å². The van der Waals surface area contributed by atoms with Crippen molar-refractivity contribution in [3.8, 4) is 11.5 Å². The first kappa shape index (κ1) is 23.1. The first-order valence-corrected chi connectivity index (χ1v) is 8.89. The Balaban J connectivity index is 0.00000364. The molecule has 0 aliphatic rings. The highest BCUT2D eigenvalue weighted by atomic mass is 127. The second kappa shape index (κ2) is 11.7. The number of halogens is 1. The summed E-state index contributed by atoms with van der Waals surface area (Å²) in [6, 6.07) is 10.0. The summed E-state index contributed by atoms with van der Waals surface area (Å²) in [5.74, 6) is 2.59. The van der Waals surface area contributed by atoms with Gasteiger partial charge in [0.25, 0.3) is 0 Å². The largest absolute Gasteiger partial charge is 0.497 e. The molecule has 150 valence electrons. The van der Waals surface area contributed by atoms with E-state index in [2.05, 4.69) is 54.1 Å². The fraction of sp³-hybridized carbons (Fsp3) is 0.450. The number of guanidine groups is 1. The molecule has 0 aliphatic carbocycles. The van der Waals surface area contributed by atoms with E-state index in [1.54, 1.807) is 14.2 Å². The van der Waals surface area contributed by atoms with Crippen LogP contribution >= 0.6 is 24.0 Å². The lowest BCUT2D eigenvalue weighted by Gasteiger charge is -2.22. The lowest BCUT2D eigenvalue weighted by molar-refractivity contribution is 0.398. The molecule has 1 heterocycles. The zero-order valence-electron chi connectivity index (χ0n) is 16.9. The highest BCUT2D eigenvalue weighted by Gasteiger charge is 2.09. The van der Waals surface area contributed by atoms with E-state index in [0.29, 0.717) is 6.54 Å². The van der Waals surface area contributed by atoms with Gasteiger partial charge >= 0.3 is 0 Å². The van der Waals surface area contributed by atoms with Crippen molar-refractivity contribution in [3.63, 3.8) is 0 Å². The molecule has 27 heavy (non-hydrogen) atoms. The maximum absolute atomic E-state index is 5.45. The maximum Gasteiger partial charge on any atom is 0.194 e. The van der Waals surface area contributed by atoms with Crippen LogP contribution in [0.4, 0.5) is 0 Å². The van der Waals surface area contributed by atoms with Crippen LogP contribution in [0.15, 0.2) is 41.5 Å². The number of hydrogen-bond acceptors (Lipinski definition) is 3. The van der Waals surface area contributed by atoms with Crippen molar-refractivity contribution in [2.24, 2.45) is 12.0 Å². The number of aromatic nitrogens is 1. The Labute approximate surface area is 179 Å². The van der Waals surface area contributed by atoms with Gasteiger partial charge in [-0.15, -0.1) is 24.0 Å². The minimum absolute atomic E-state index is 0. The highest BCUT2D eigenvalue weighted by Crippen LogP contribution is 2.24. The normalized spacial score (nSPS) is 10.9. The van der Waals surface area contributed by atoms with Crippen molar-refractivity contribution in [1.82, 2.24) is 14.8 Å². The van der Waals surface area contributed by atoms with Gasteiger partial charge in [0.1, 0.15) is 11.5 Å². The quantitative estimate of drug-likeness (QED) is 0.354. The van der Waals surface area contributed by atoms with Gasteiger partial charge in [-0.25, -0.2) is 0 Å². The Morgan fingerprint density at radius 1 is 1.22 bits per heavy atom. The van der Waals surface area contributed by atoms with Crippen LogP contribution < -0.4 is 14.8 Å². The standard InChI is InChI=1S/C20H30N4O2.HI/c1-6-21-20(24(3)15-17-8-7-13-23(17)2)22-12-11-16-14-18(25-4)9-10-19(16)26-5;/h7-10,13-14H,6,11-12,15H2,1-5H3,(H,21,22);1H. The molecule has 2 aromatic rings. The number of nitrogens with one attached hydrogen (secondary N) is 1. The molecule has 1 aromatic carbocycles. The summed E-state index contributed by atoms with van der Waals surface area (Å²) < 4.78 is 12.9. The van der Waals surface area contributed by atoms with Gasteiger partial charge in [0.2, 0.25) is 0 Å². The Morgan fingerprint density at radius 2 is 2.00 bits per heavy atom. The molecule has 0 spiro atoms. The number of aliphatic imine (C=N–C) groups is 1. The Morgan fingerprint density at radius 3 is 2.59 bits per heavy atom. The molecule has 0 fully saturated rings. The molecule has 1 N–H and O–H groups in total. The van der Waals surface area contributed by atoms with Gasteiger partial charge in [0.15, 0.2) is 5.96 Å². The predicted octanol–water partition coefficient (Wildman–Crippen LogP) is 3.30. The SMILES string of the molecule is CCNC(=NCCc1cc(OC)ccc1OC)N(C)Cc1cccn1C.I. The minimum Gasteiger partial charge on any atom is -0.497 e. The first-order valence-electron chi connectivity index (χ1n) is 8.89. The van der Waals surface area contributed by atoms with E-state index < -0.39 is 0 Å². The molecular formula is C20H31IN4O2. The molecule has 0 saturated carbocycles. The van der Waals surface area contributed by atoms with Crippen LogP contribution in [0, 0.1) is 0 Å². The van der Waals surface area contributed by atoms with E-state index >= 15 is 0 Å². The minimum atomic E-state index is 0. The van der Waals surface area contributed by atoms with Crippen molar-refractivity contribution in [3.05, 3.63) is 47.8 Å². The smallest absolute Gasteiger partial charge is 0.194 e. The lowest BCUT2D eigenvalue weighted by Crippen LogP contribution is -2.39. The monoisotopic (exact) mass is 486 g/mol. The molecule has 2 rings (SSSR count). The third-order valence-corrected chi connectivity index (χ3v) is 4.28. The van der Waals surface area contributed by atoms with E-state index in [-0.39, 0.29) is 24.0 Å². The van der Waals surface area contributed by atoms with E-state index in [1.165, 1.54) is 5.69 Å². The fourth-order valence-electron chi connectivity index (χ4n) is 2.81. The third kappa shape index (κ3) is 6.64. The van der Waals surface area contributed by atoms with Crippen LogP contribution in [0.2, 0.25) is 0 Å². The highest BCUT2D eigenvalue weighted by molar-refractivity contribution is 14.0. The van der Waals surface area contributed by atoms with Gasteiger partial charge in [-0.3, -0.25) is 4.99 Å². The van der Waals surface area contributed by atoms with Crippen LogP contribution in [-0.4, -0.2) is 49.8 Å². The molecule has 0 bridgehead atoms. The van der Waals surface area contributed by atoms with E-state index in [1.807, 2.05) is 18.2 Å². The molecule has 0 radical (unpaired) electrons. The average Bonchev–Trinajstić information content (AvgIpc) is 3.05.